The third kappa shape index (κ3) is 2.80. The highest BCUT2D eigenvalue weighted by atomic mass is 19.4. The minimum Gasteiger partial charge on any atom is -0.346 e. The Morgan fingerprint density at radius 2 is 2.15 bits per heavy atom. The molecule has 3 nitrogen and oxygen atoms in total. The van der Waals surface area contributed by atoms with E-state index >= 15 is 0 Å². The van der Waals surface area contributed by atoms with Gasteiger partial charge in [-0.15, -0.1) is 0 Å². The molecule has 3 rings (SSSR count). The van der Waals surface area contributed by atoms with E-state index in [0.29, 0.717) is 19.3 Å². The lowest BCUT2D eigenvalue weighted by Gasteiger charge is -2.23. The first-order chi connectivity index (χ1) is 9.43. The summed E-state index contributed by atoms with van der Waals surface area (Å²) >= 11 is 0. The van der Waals surface area contributed by atoms with Crippen LogP contribution < -0.4 is 10.6 Å². The summed E-state index contributed by atoms with van der Waals surface area (Å²) in [5.41, 5.74) is 0.562. The van der Waals surface area contributed by atoms with Crippen LogP contribution in [0.3, 0.4) is 0 Å². The minimum atomic E-state index is -4.27. The summed E-state index contributed by atoms with van der Waals surface area (Å²) in [6.45, 7) is 0. The van der Waals surface area contributed by atoms with Crippen LogP contribution in [0.5, 0.6) is 0 Å². The Balaban J connectivity index is 1.58. The molecule has 3 aliphatic rings. The van der Waals surface area contributed by atoms with Crippen LogP contribution in [-0.4, -0.2) is 30.2 Å². The first-order valence-electron chi connectivity index (χ1n) is 6.66. The van der Waals surface area contributed by atoms with Gasteiger partial charge in [-0.1, -0.05) is 24.3 Å². The number of alkyl halides is 3. The van der Waals surface area contributed by atoms with Gasteiger partial charge in [-0.2, -0.15) is 13.2 Å². The molecule has 1 aliphatic heterocycles. The van der Waals surface area contributed by atoms with Gasteiger partial charge < -0.3 is 10.6 Å². The van der Waals surface area contributed by atoms with E-state index in [-0.39, 0.29) is 24.0 Å². The Bertz CT molecular complexity index is 519. The van der Waals surface area contributed by atoms with Gasteiger partial charge in [-0.05, 0) is 18.4 Å². The highest BCUT2D eigenvalue weighted by molar-refractivity contribution is 5.79. The van der Waals surface area contributed by atoms with Crippen molar-refractivity contribution in [3.05, 3.63) is 35.5 Å². The number of nitrogens with one attached hydrogen (secondary N) is 2. The number of hydrogen-bond acceptors (Lipinski definition) is 2. The maximum atomic E-state index is 12.5. The number of halogens is 3. The molecule has 108 valence electrons. The summed E-state index contributed by atoms with van der Waals surface area (Å²) in [6, 6.07) is 0.0206. The number of hydrogen-bond donors (Lipinski definition) is 2. The molecule has 0 aromatic rings. The SMILES string of the molecule is O=C1CCC(N[C@@H]2C=CC(C(F)(F)F)=CC2)C2=CC2N1. The Labute approximate surface area is 114 Å². The summed E-state index contributed by atoms with van der Waals surface area (Å²) in [4.78, 5) is 11.4. The number of carbonyl (C=O) groups is 1. The molecule has 3 atom stereocenters. The van der Waals surface area contributed by atoms with Crippen molar-refractivity contribution in [2.45, 2.75) is 43.6 Å². The van der Waals surface area contributed by atoms with Crippen LogP contribution in [0, 0.1) is 0 Å². The topological polar surface area (TPSA) is 41.1 Å². The molecule has 2 aliphatic carbocycles. The normalized spacial score (nSPS) is 32.8. The average Bonchev–Trinajstić information content (AvgIpc) is 3.13. The van der Waals surface area contributed by atoms with Gasteiger partial charge >= 0.3 is 6.18 Å². The van der Waals surface area contributed by atoms with Crippen molar-refractivity contribution in [3.63, 3.8) is 0 Å². The first-order valence-corrected chi connectivity index (χ1v) is 6.66. The van der Waals surface area contributed by atoms with Gasteiger partial charge in [0.2, 0.25) is 5.91 Å². The van der Waals surface area contributed by atoms with Crippen molar-refractivity contribution in [2.24, 2.45) is 0 Å². The number of fused-ring (bicyclic) bond motifs is 1. The van der Waals surface area contributed by atoms with Gasteiger partial charge in [0.05, 0.1) is 11.6 Å². The average molecular weight is 284 g/mol. The summed E-state index contributed by atoms with van der Waals surface area (Å²) < 4.78 is 37.5. The quantitative estimate of drug-likeness (QED) is 0.761. The molecule has 1 saturated heterocycles. The standard InChI is InChI=1S/C14H15F3N2O/c15-14(16,17)8-1-3-9(4-2-8)18-11-5-6-13(20)19-12-7-10(11)12/h1-3,7,9,11-12,18H,4-6H2,(H,19,20)/t9-,11?,12?/m1/s1. The third-order valence-corrected chi connectivity index (χ3v) is 3.83. The number of carbonyl (C=O) groups excluding carboxylic acids is 1. The third-order valence-electron chi connectivity index (χ3n) is 3.83. The molecule has 1 heterocycles. The van der Waals surface area contributed by atoms with Gasteiger partial charge in [0, 0.05) is 18.5 Å². The highest BCUT2D eigenvalue weighted by Crippen LogP contribution is 2.32. The zero-order valence-electron chi connectivity index (χ0n) is 10.7. The molecule has 0 radical (unpaired) electrons. The predicted octanol–water partition coefficient (Wildman–Crippen LogP) is 1.98. The molecule has 0 saturated carbocycles. The van der Waals surface area contributed by atoms with E-state index in [1.165, 1.54) is 6.08 Å². The van der Waals surface area contributed by atoms with Crippen LogP contribution in [0.1, 0.15) is 19.3 Å². The second kappa shape index (κ2) is 4.77. The Morgan fingerprint density at radius 3 is 2.80 bits per heavy atom. The zero-order chi connectivity index (χ0) is 14.3. The number of amides is 1. The smallest absolute Gasteiger partial charge is 0.346 e. The second-order valence-electron chi connectivity index (χ2n) is 5.33. The molecular weight excluding hydrogens is 269 g/mol. The van der Waals surface area contributed by atoms with E-state index in [4.69, 9.17) is 0 Å². The lowest BCUT2D eigenvalue weighted by molar-refractivity contribution is -0.121. The lowest BCUT2D eigenvalue weighted by Crippen LogP contribution is -2.38. The molecule has 1 fully saturated rings. The molecule has 2 N–H and O–H groups in total. The van der Waals surface area contributed by atoms with Crippen LogP contribution >= 0.6 is 0 Å². The predicted molar refractivity (Wildman–Crippen MR) is 67.9 cm³/mol. The zero-order valence-corrected chi connectivity index (χ0v) is 10.7. The van der Waals surface area contributed by atoms with Gasteiger partial charge in [-0.3, -0.25) is 4.79 Å². The Kier molecular flexibility index (Phi) is 3.20. The molecule has 0 spiro atoms. The molecule has 6 heteroatoms. The molecule has 2 unspecified atom stereocenters. The fourth-order valence-electron chi connectivity index (χ4n) is 2.68. The van der Waals surface area contributed by atoms with Crippen LogP contribution in [-0.2, 0) is 4.79 Å². The first kappa shape index (κ1) is 13.4. The van der Waals surface area contributed by atoms with E-state index in [2.05, 4.69) is 10.6 Å². The van der Waals surface area contributed by atoms with Crippen molar-refractivity contribution < 1.29 is 18.0 Å². The van der Waals surface area contributed by atoms with Crippen LogP contribution in [0.15, 0.2) is 35.5 Å². The summed E-state index contributed by atoms with van der Waals surface area (Å²) in [5.74, 6) is 0.0315. The van der Waals surface area contributed by atoms with E-state index in [1.807, 2.05) is 6.08 Å². The monoisotopic (exact) mass is 284 g/mol. The van der Waals surface area contributed by atoms with Crippen molar-refractivity contribution >= 4 is 5.91 Å². The van der Waals surface area contributed by atoms with Crippen molar-refractivity contribution in [3.8, 4) is 0 Å². The van der Waals surface area contributed by atoms with Gasteiger partial charge in [0.25, 0.3) is 0 Å². The van der Waals surface area contributed by atoms with Crippen molar-refractivity contribution in [1.29, 1.82) is 0 Å². The van der Waals surface area contributed by atoms with Gasteiger partial charge in [-0.25, -0.2) is 0 Å². The molecule has 20 heavy (non-hydrogen) atoms. The number of rotatable bonds is 2. The highest BCUT2D eigenvalue weighted by Gasteiger charge is 2.37. The Hall–Kier alpha value is -1.56. The molecular formula is C14H15F3N2O. The van der Waals surface area contributed by atoms with Crippen LogP contribution in [0.2, 0.25) is 0 Å². The summed E-state index contributed by atoms with van der Waals surface area (Å²) in [6.07, 6.45) is 3.07. The van der Waals surface area contributed by atoms with E-state index in [0.717, 1.165) is 11.6 Å². The summed E-state index contributed by atoms with van der Waals surface area (Å²) in [5, 5.41) is 6.18. The molecule has 1 amide bonds. The lowest BCUT2D eigenvalue weighted by atomic mass is 10.00. The summed E-state index contributed by atoms with van der Waals surface area (Å²) in [7, 11) is 0. The van der Waals surface area contributed by atoms with Crippen LogP contribution in [0.4, 0.5) is 13.2 Å². The van der Waals surface area contributed by atoms with E-state index < -0.39 is 11.7 Å². The maximum absolute atomic E-state index is 12.5. The number of allylic oxidation sites excluding steroid dienone is 2. The molecule has 0 bridgehead atoms. The second-order valence-corrected chi connectivity index (χ2v) is 5.33. The Morgan fingerprint density at radius 1 is 1.35 bits per heavy atom. The van der Waals surface area contributed by atoms with Crippen molar-refractivity contribution in [2.75, 3.05) is 0 Å². The van der Waals surface area contributed by atoms with Crippen LogP contribution in [0.25, 0.3) is 0 Å². The van der Waals surface area contributed by atoms with Gasteiger partial charge in [0.15, 0.2) is 0 Å². The fourth-order valence-corrected chi connectivity index (χ4v) is 2.68. The van der Waals surface area contributed by atoms with Crippen molar-refractivity contribution in [1.82, 2.24) is 10.6 Å². The van der Waals surface area contributed by atoms with Gasteiger partial charge in [0.1, 0.15) is 0 Å². The van der Waals surface area contributed by atoms with E-state index in [1.54, 1.807) is 6.08 Å². The molecule has 0 aromatic carbocycles. The maximum Gasteiger partial charge on any atom is 0.416 e. The minimum absolute atomic E-state index is 0.0315. The van der Waals surface area contributed by atoms with E-state index in [9.17, 15) is 18.0 Å². The largest absolute Gasteiger partial charge is 0.416 e. The fraction of sp³-hybridized carbons (Fsp3) is 0.500. The molecule has 0 aromatic heterocycles.